The smallest absolute Gasteiger partial charge is 0.322 e. The van der Waals surface area contributed by atoms with Crippen LogP contribution in [0.4, 0.5) is 22.0 Å². The minimum absolute atomic E-state index is 0.161. The number of nitrogens with zero attached hydrogens (tertiary/aromatic N) is 3. The molecule has 0 atom stereocenters. The van der Waals surface area contributed by atoms with E-state index in [1.807, 2.05) is 6.92 Å². The van der Waals surface area contributed by atoms with Gasteiger partial charge in [-0.25, -0.2) is 4.39 Å². The Morgan fingerprint density at radius 3 is 2.62 bits per heavy atom. The molecule has 0 bridgehead atoms. The van der Waals surface area contributed by atoms with Crippen molar-refractivity contribution in [2.75, 3.05) is 24.3 Å². The van der Waals surface area contributed by atoms with Gasteiger partial charge in [-0.15, -0.1) is 0 Å². The maximum atomic E-state index is 13.3. The van der Waals surface area contributed by atoms with Gasteiger partial charge in [0.2, 0.25) is 11.9 Å². The molecule has 112 valence electrons. The fourth-order valence-electron chi connectivity index (χ4n) is 1.57. The standard InChI is InChI=1S/C13H15ClFN5O/c1-3-4-16-11-18-12(20-13(19-11)21-2)17-10-6-8(14)5-9(15)7-10/h5-7H,3-4H2,1-2H3,(H2,16,17,18,19,20). The van der Waals surface area contributed by atoms with Gasteiger partial charge in [-0.3, -0.25) is 0 Å². The van der Waals surface area contributed by atoms with Gasteiger partial charge in [-0.2, -0.15) is 15.0 Å². The Balaban J connectivity index is 2.25. The van der Waals surface area contributed by atoms with E-state index in [4.69, 9.17) is 16.3 Å². The first kappa shape index (κ1) is 15.2. The van der Waals surface area contributed by atoms with E-state index in [1.54, 1.807) is 6.07 Å². The Hall–Kier alpha value is -2.15. The predicted octanol–water partition coefficient (Wildman–Crippen LogP) is 3.24. The first-order chi connectivity index (χ1) is 10.1. The van der Waals surface area contributed by atoms with Crippen LogP contribution in [0.15, 0.2) is 18.2 Å². The number of hydrogen-bond acceptors (Lipinski definition) is 6. The number of nitrogens with one attached hydrogen (secondary N) is 2. The van der Waals surface area contributed by atoms with E-state index in [0.29, 0.717) is 11.6 Å². The van der Waals surface area contributed by atoms with Crippen LogP contribution in [0.25, 0.3) is 0 Å². The summed E-state index contributed by atoms with van der Waals surface area (Å²) in [4.78, 5) is 12.3. The van der Waals surface area contributed by atoms with Gasteiger partial charge in [-0.1, -0.05) is 18.5 Å². The van der Waals surface area contributed by atoms with Gasteiger partial charge in [0, 0.05) is 17.3 Å². The molecule has 0 aliphatic rings. The highest BCUT2D eigenvalue weighted by Crippen LogP contribution is 2.21. The van der Waals surface area contributed by atoms with Gasteiger partial charge in [-0.05, 0) is 24.6 Å². The lowest BCUT2D eigenvalue weighted by Gasteiger charge is -2.09. The Bertz CT molecular complexity index is 605. The summed E-state index contributed by atoms with van der Waals surface area (Å²) in [5.41, 5.74) is 0.440. The molecule has 2 N–H and O–H groups in total. The maximum absolute atomic E-state index is 13.3. The lowest BCUT2D eigenvalue weighted by molar-refractivity contribution is 0.379. The highest BCUT2D eigenvalue weighted by Gasteiger charge is 2.08. The molecule has 0 saturated carbocycles. The molecule has 0 amide bonds. The first-order valence-corrected chi connectivity index (χ1v) is 6.75. The van der Waals surface area contributed by atoms with Crippen molar-refractivity contribution in [3.8, 4) is 6.01 Å². The maximum Gasteiger partial charge on any atom is 0.322 e. The molecule has 6 nitrogen and oxygen atoms in total. The molecule has 21 heavy (non-hydrogen) atoms. The molecule has 0 radical (unpaired) electrons. The van der Waals surface area contributed by atoms with Crippen LogP contribution < -0.4 is 15.4 Å². The van der Waals surface area contributed by atoms with Crippen LogP contribution >= 0.6 is 11.6 Å². The van der Waals surface area contributed by atoms with Gasteiger partial charge in [0.05, 0.1) is 7.11 Å². The second-order valence-electron chi connectivity index (χ2n) is 4.18. The van der Waals surface area contributed by atoms with E-state index in [2.05, 4.69) is 25.6 Å². The van der Waals surface area contributed by atoms with Crippen LogP contribution in [0.2, 0.25) is 5.02 Å². The third kappa shape index (κ3) is 4.42. The number of benzene rings is 1. The van der Waals surface area contributed by atoms with Gasteiger partial charge < -0.3 is 15.4 Å². The number of halogens is 2. The third-order valence-electron chi connectivity index (χ3n) is 2.45. The summed E-state index contributed by atoms with van der Waals surface area (Å²) < 4.78 is 18.3. The van der Waals surface area contributed by atoms with Crippen molar-refractivity contribution in [1.82, 2.24) is 15.0 Å². The minimum atomic E-state index is -0.449. The minimum Gasteiger partial charge on any atom is -0.467 e. The molecule has 1 aromatic heterocycles. The molecule has 2 aromatic rings. The monoisotopic (exact) mass is 311 g/mol. The Kier molecular flexibility index (Phi) is 5.10. The van der Waals surface area contributed by atoms with Crippen molar-refractivity contribution >= 4 is 29.2 Å². The summed E-state index contributed by atoms with van der Waals surface area (Å²) in [5, 5.41) is 6.19. The zero-order valence-corrected chi connectivity index (χ0v) is 12.4. The molecule has 0 spiro atoms. The van der Waals surface area contributed by atoms with Gasteiger partial charge in [0.25, 0.3) is 0 Å². The molecule has 0 unspecified atom stereocenters. The number of ether oxygens (including phenoxy) is 1. The van der Waals surface area contributed by atoms with E-state index >= 15 is 0 Å². The van der Waals surface area contributed by atoms with Gasteiger partial charge >= 0.3 is 6.01 Å². The van der Waals surface area contributed by atoms with E-state index in [9.17, 15) is 4.39 Å². The van der Waals surface area contributed by atoms with Crippen molar-refractivity contribution in [3.05, 3.63) is 29.0 Å². The molecular formula is C13H15ClFN5O. The first-order valence-electron chi connectivity index (χ1n) is 6.37. The normalized spacial score (nSPS) is 10.3. The summed E-state index contributed by atoms with van der Waals surface area (Å²) in [6.07, 6.45) is 0.927. The molecule has 1 aromatic carbocycles. The van der Waals surface area contributed by atoms with Crippen molar-refractivity contribution in [2.45, 2.75) is 13.3 Å². The largest absolute Gasteiger partial charge is 0.467 e. The molecular weight excluding hydrogens is 297 g/mol. The fourth-order valence-corrected chi connectivity index (χ4v) is 1.80. The Morgan fingerprint density at radius 1 is 1.19 bits per heavy atom. The molecule has 1 heterocycles. The van der Waals surface area contributed by atoms with Crippen LogP contribution in [0.3, 0.4) is 0 Å². The van der Waals surface area contributed by atoms with E-state index < -0.39 is 5.82 Å². The zero-order chi connectivity index (χ0) is 15.2. The van der Waals surface area contributed by atoms with Crippen LogP contribution in [0, 0.1) is 5.82 Å². The zero-order valence-electron chi connectivity index (χ0n) is 11.7. The summed E-state index contributed by atoms with van der Waals surface area (Å²) >= 11 is 5.80. The molecule has 0 aliphatic heterocycles. The Labute approximate surface area is 126 Å². The molecule has 0 saturated heterocycles. The quantitative estimate of drug-likeness (QED) is 0.853. The van der Waals surface area contributed by atoms with E-state index in [1.165, 1.54) is 19.2 Å². The molecule has 0 aliphatic carbocycles. The summed E-state index contributed by atoms with van der Waals surface area (Å²) in [6.45, 7) is 2.75. The van der Waals surface area contributed by atoms with Crippen molar-refractivity contribution in [1.29, 1.82) is 0 Å². The van der Waals surface area contributed by atoms with Gasteiger partial charge in [0.15, 0.2) is 0 Å². The number of anilines is 3. The van der Waals surface area contributed by atoms with Crippen LogP contribution in [0.1, 0.15) is 13.3 Å². The number of rotatable bonds is 6. The second kappa shape index (κ2) is 7.03. The number of aromatic nitrogens is 3. The van der Waals surface area contributed by atoms with Crippen LogP contribution in [-0.2, 0) is 0 Å². The van der Waals surface area contributed by atoms with Crippen molar-refractivity contribution in [3.63, 3.8) is 0 Å². The van der Waals surface area contributed by atoms with Crippen molar-refractivity contribution in [2.24, 2.45) is 0 Å². The number of methoxy groups -OCH3 is 1. The van der Waals surface area contributed by atoms with E-state index in [-0.39, 0.29) is 17.0 Å². The van der Waals surface area contributed by atoms with Crippen molar-refractivity contribution < 1.29 is 9.13 Å². The highest BCUT2D eigenvalue weighted by molar-refractivity contribution is 6.30. The average molecular weight is 312 g/mol. The Morgan fingerprint density at radius 2 is 1.95 bits per heavy atom. The summed E-state index contributed by atoms with van der Waals surface area (Å²) in [5.74, 6) is 0.172. The summed E-state index contributed by atoms with van der Waals surface area (Å²) in [6, 6.07) is 4.24. The average Bonchev–Trinajstić information content (AvgIpc) is 2.43. The van der Waals surface area contributed by atoms with Crippen LogP contribution in [0.5, 0.6) is 6.01 Å². The van der Waals surface area contributed by atoms with E-state index in [0.717, 1.165) is 13.0 Å². The molecule has 0 fully saturated rings. The second-order valence-corrected chi connectivity index (χ2v) is 4.62. The predicted molar refractivity (Wildman–Crippen MR) is 79.9 cm³/mol. The molecule has 8 heteroatoms. The number of hydrogen-bond donors (Lipinski definition) is 2. The third-order valence-corrected chi connectivity index (χ3v) is 2.67. The van der Waals surface area contributed by atoms with Gasteiger partial charge in [0.1, 0.15) is 5.82 Å². The lowest BCUT2D eigenvalue weighted by atomic mass is 10.3. The summed E-state index contributed by atoms with van der Waals surface area (Å²) in [7, 11) is 1.46. The SMILES string of the molecule is CCCNc1nc(Nc2cc(F)cc(Cl)c2)nc(OC)n1. The van der Waals surface area contributed by atoms with Crippen LogP contribution in [-0.4, -0.2) is 28.6 Å². The highest BCUT2D eigenvalue weighted by atomic mass is 35.5. The topological polar surface area (TPSA) is 72.0 Å². The molecule has 2 rings (SSSR count). The lowest BCUT2D eigenvalue weighted by Crippen LogP contribution is -2.09. The fraction of sp³-hybridized carbons (Fsp3) is 0.308.